The van der Waals surface area contributed by atoms with E-state index in [1.165, 1.54) is 11.8 Å². The van der Waals surface area contributed by atoms with Crippen molar-refractivity contribution in [3.8, 4) is 5.75 Å². The molecule has 1 unspecified atom stereocenters. The van der Waals surface area contributed by atoms with Gasteiger partial charge in [-0.1, -0.05) is 19.1 Å². The van der Waals surface area contributed by atoms with Gasteiger partial charge >= 0.3 is 0 Å². The van der Waals surface area contributed by atoms with Crippen molar-refractivity contribution in [1.29, 1.82) is 0 Å². The summed E-state index contributed by atoms with van der Waals surface area (Å²) in [5.74, 6) is 1.06. The molecule has 0 bridgehead atoms. The molecule has 0 aromatic heterocycles. The molecule has 1 N–H and O–H groups in total. The van der Waals surface area contributed by atoms with Gasteiger partial charge in [-0.15, -0.1) is 0 Å². The van der Waals surface area contributed by atoms with Crippen LogP contribution in [0.5, 0.6) is 5.75 Å². The molecule has 1 aliphatic heterocycles. The molecule has 1 aromatic carbocycles. The van der Waals surface area contributed by atoms with Crippen LogP contribution in [0, 0.1) is 0 Å². The average Bonchev–Trinajstić information content (AvgIpc) is 2.80. The number of fused-ring (bicyclic) bond motifs is 1. The van der Waals surface area contributed by atoms with Gasteiger partial charge in [0.1, 0.15) is 15.6 Å². The van der Waals surface area contributed by atoms with Gasteiger partial charge in [-0.05, 0) is 30.2 Å². The van der Waals surface area contributed by atoms with Gasteiger partial charge in [-0.3, -0.25) is 0 Å². The van der Waals surface area contributed by atoms with Crippen LogP contribution in [0.4, 0.5) is 0 Å². The number of sulfone groups is 1. The molecule has 106 valence electrons. The molecule has 0 aliphatic carbocycles. The maximum Gasteiger partial charge on any atom is 0.149 e. The highest BCUT2D eigenvalue weighted by molar-refractivity contribution is 7.90. The number of rotatable bonds is 6. The minimum Gasteiger partial charge on any atom is -0.493 e. The van der Waals surface area contributed by atoms with Crippen LogP contribution in [0.1, 0.15) is 30.5 Å². The zero-order chi connectivity index (χ0) is 13.9. The van der Waals surface area contributed by atoms with Gasteiger partial charge in [0.25, 0.3) is 0 Å². The van der Waals surface area contributed by atoms with Crippen LogP contribution in [0.3, 0.4) is 0 Å². The fraction of sp³-hybridized carbons (Fsp3) is 0.571. The molecule has 1 atom stereocenters. The van der Waals surface area contributed by atoms with Crippen LogP contribution in [0.25, 0.3) is 0 Å². The molecule has 0 fully saturated rings. The highest BCUT2D eigenvalue weighted by Gasteiger charge is 2.19. The van der Waals surface area contributed by atoms with Crippen molar-refractivity contribution < 1.29 is 13.2 Å². The standard InChI is InChI=1S/C14H21NO3S/c1-3-7-15-13(10-19(2,16)17)11-4-5-14-12(9-11)6-8-18-14/h4-5,9,13,15H,3,6-8,10H2,1-2H3. The lowest BCUT2D eigenvalue weighted by Crippen LogP contribution is -2.28. The Morgan fingerprint density at radius 3 is 2.89 bits per heavy atom. The van der Waals surface area contributed by atoms with Gasteiger partial charge < -0.3 is 10.1 Å². The first-order valence-electron chi connectivity index (χ1n) is 6.66. The topological polar surface area (TPSA) is 55.4 Å². The van der Waals surface area contributed by atoms with Gasteiger partial charge in [-0.25, -0.2) is 8.42 Å². The van der Waals surface area contributed by atoms with Crippen LogP contribution in [0.2, 0.25) is 0 Å². The highest BCUT2D eigenvalue weighted by Crippen LogP contribution is 2.28. The van der Waals surface area contributed by atoms with E-state index < -0.39 is 9.84 Å². The first-order valence-corrected chi connectivity index (χ1v) is 8.72. The molecule has 1 aliphatic rings. The number of benzene rings is 1. The molecule has 0 radical (unpaired) electrons. The number of hydrogen-bond donors (Lipinski definition) is 1. The van der Waals surface area contributed by atoms with E-state index >= 15 is 0 Å². The van der Waals surface area contributed by atoms with Gasteiger partial charge in [0.15, 0.2) is 0 Å². The van der Waals surface area contributed by atoms with E-state index in [2.05, 4.69) is 18.3 Å². The minimum absolute atomic E-state index is 0.132. The second-order valence-electron chi connectivity index (χ2n) is 5.06. The zero-order valence-electron chi connectivity index (χ0n) is 11.5. The van der Waals surface area contributed by atoms with Gasteiger partial charge in [0.05, 0.1) is 12.4 Å². The highest BCUT2D eigenvalue weighted by atomic mass is 32.2. The molecule has 5 heteroatoms. The summed E-state index contributed by atoms with van der Waals surface area (Å²) in [6.07, 6.45) is 3.17. The Hall–Kier alpha value is -1.07. The summed E-state index contributed by atoms with van der Waals surface area (Å²) in [6.45, 7) is 3.60. The van der Waals surface area contributed by atoms with Crippen molar-refractivity contribution in [2.45, 2.75) is 25.8 Å². The third-order valence-electron chi connectivity index (χ3n) is 3.23. The summed E-state index contributed by atoms with van der Waals surface area (Å²) >= 11 is 0. The fourth-order valence-corrected chi connectivity index (χ4v) is 3.23. The molecule has 0 amide bonds. The van der Waals surface area contributed by atoms with E-state index in [9.17, 15) is 8.42 Å². The van der Waals surface area contributed by atoms with Crippen molar-refractivity contribution in [2.24, 2.45) is 0 Å². The number of hydrogen-bond acceptors (Lipinski definition) is 4. The van der Waals surface area contributed by atoms with E-state index in [1.807, 2.05) is 12.1 Å². The lowest BCUT2D eigenvalue weighted by molar-refractivity contribution is 0.356. The molecule has 1 aromatic rings. The number of ether oxygens (including phenoxy) is 1. The Bertz CT molecular complexity index is 540. The van der Waals surface area contributed by atoms with Crippen LogP contribution in [0.15, 0.2) is 18.2 Å². The molecule has 0 spiro atoms. The molecular weight excluding hydrogens is 262 g/mol. The van der Waals surface area contributed by atoms with Crippen molar-refractivity contribution in [3.05, 3.63) is 29.3 Å². The molecule has 0 saturated heterocycles. The SMILES string of the molecule is CCCNC(CS(C)(=O)=O)c1ccc2c(c1)CCO2. The summed E-state index contributed by atoms with van der Waals surface area (Å²) < 4.78 is 28.6. The average molecular weight is 283 g/mol. The first kappa shape index (κ1) is 14.3. The predicted octanol–water partition coefficient (Wildman–Crippen LogP) is 1.71. The predicted molar refractivity (Wildman–Crippen MR) is 76.4 cm³/mol. The molecule has 1 heterocycles. The van der Waals surface area contributed by atoms with Crippen LogP contribution in [-0.2, 0) is 16.3 Å². The van der Waals surface area contributed by atoms with E-state index in [1.54, 1.807) is 0 Å². The second kappa shape index (κ2) is 5.92. The largest absolute Gasteiger partial charge is 0.493 e. The van der Waals surface area contributed by atoms with E-state index in [0.29, 0.717) is 0 Å². The molecular formula is C14H21NO3S. The van der Waals surface area contributed by atoms with Crippen molar-refractivity contribution >= 4 is 9.84 Å². The summed E-state index contributed by atoms with van der Waals surface area (Å²) in [7, 11) is -3.01. The molecule has 2 rings (SSSR count). The second-order valence-corrected chi connectivity index (χ2v) is 7.25. The summed E-state index contributed by atoms with van der Waals surface area (Å²) in [5, 5.41) is 3.31. The fourth-order valence-electron chi connectivity index (χ4n) is 2.32. The normalized spacial score (nSPS) is 15.9. The Morgan fingerprint density at radius 1 is 1.42 bits per heavy atom. The Kier molecular flexibility index (Phi) is 4.47. The van der Waals surface area contributed by atoms with Gasteiger partial charge in [0.2, 0.25) is 0 Å². The Balaban J connectivity index is 2.21. The lowest BCUT2D eigenvalue weighted by Gasteiger charge is -2.18. The van der Waals surface area contributed by atoms with Crippen molar-refractivity contribution in [2.75, 3.05) is 25.2 Å². The Labute approximate surface area is 115 Å². The first-order chi connectivity index (χ1) is 8.99. The quantitative estimate of drug-likeness (QED) is 0.863. The maximum absolute atomic E-state index is 11.5. The van der Waals surface area contributed by atoms with Crippen molar-refractivity contribution in [1.82, 2.24) is 5.32 Å². The molecule has 19 heavy (non-hydrogen) atoms. The van der Waals surface area contributed by atoms with Crippen LogP contribution in [-0.4, -0.2) is 33.6 Å². The summed E-state index contributed by atoms with van der Waals surface area (Å²) in [6, 6.07) is 5.84. The smallest absolute Gasteiger partial charge is 0.149 e. The van der Waals surface area contributed by atoms with Gasteiger partial charge in [-0.2, -0.15) is 0 Å². The van der Waals surface area contributed by atoms with Crippen LogP contribution < -0.4 is 10.1 Å². The zero-order valence-corrected chi connectivity index (χ0v) is 12.3. The maximum atomic E-state index is 11.5. The Morgan fingerprint density at radius 2 is 2.21 bits per heavy atom. The minimum atomic E-state index is -3.01. The third kappa shape index (κ3) is 3.94. The molecule has 4 nitrogen and oxygen atoms in total. The van der Waals surface area contributed by atoms with Crippen molar-refractivity contribution in [3.63, 3.8) is 0 Å². The van der Waals surface area contributed by atoms with Crippen LogP contribution >= 0.6 is 0 Å². The molecule has 0 saturated carbocycles. The van der Waals surface area contributed by atoms with E-state index in [0.717, 1.165) is 37.3 Å². The summed E-state index contributed by atoms with van der Waals surface area (Å²) in [5.41, 5.74) is 2.21. The summed E-state index contributed by atoms with van der Waals surface area (Å²) in [4.78, 5) is 0. The van der Waals surface area contributed by atoms with E-state index in [4.69, 9.17) is 4.74 Å². The third-order valence-corrected chi connectivity index (χ3v) is 4.16. The van der Waals surface area contributed by atoms with Gasteiger partial charge in [0, 0.05) is 18.7 Å². The monoisotopic (exact) mass is 283 g/mol. The van der Waals surface area contributed by atoms with E-state index in [-0.39, 0.29) is 11.8 Å². The lowest BCUT2D eigenvalue weighted by atomic mass is 10.0. The number of nitrogens with one attached hydrogen (secondary N) is 1.